The van der Waals surface area contributed by atoms with Crippen LogP contribution in [0.2, 0.25) is 0 Å². The Balaban J connectivity index is 1.38. The molecule has 33 heavy (non-hydrogen) atoms. The second kappa shape index (κ2) is 9.48. The molecular formula is C27H31N3O2S. The van der Waals surface area contributed by atoms with Crippen LogP contribution in [0.25, 0.3) is 0 Å². The van der Waals surface area contributed by atoms with Gasteiger partial charge in [0.15, 0.2) is 0 Å². The van der Waals surface area contributed by atoms with Crippen molar-refractivity contribution in [2.45, 2.75) is 25.8 Å². The first-order valence-electron chi connectivity index (χ1n) is 11.7. The minimum absolute atomic E-state index is 0.0810. The topological polar surface area (TPSA) is 44.8 Å². The van der Waals surface area contributed by atoms with Crippen molar-refractivity contribution in [2.24, 2.45) is 5.92 Å². The number of piperazine rings is 1. The molecule has 2 aromatic carbocycles. The first-order chi connectivity index (χ1) is 16.1. The average molecular weight is 462 g/mol. The third-order valence-electron chi connectivity index (χ3n) is 6.91. The predicted octanol–water partition coefficient (Wildman–Crippen LogP) is 4.29. The molecule has 1 amide bonds. The van der Waals surface area contributed by atoms with Crippen molar-refractivity contribution < 1.29 is 9.53 Å². The lowest BCUT2D eigenvalue weighted by molar-refractivity contribution is -0.125. The minimum Gasteiger partial charge on any atom is -0.497 e. The van der Waals surface area contributed by atoms with Gasteiger partial charge in [-0.05, 0) is 55.0 Å². The van der Waals surface area contributed by atoms with E-state index in [1.165, 1.54) is 27.4 Å². The molecule has 1 fully saturated rings. The van der Waals surface area contributed by atoms with Crippen LogP contribution in [0, 0.1) is 12.8 Å². The molecule has 1 aromatic heterocycles. The summed E-state index contributed by atoms with van der Waals surface area (Å²) >= 11 is 1.74. The fraction of sp³-hybridized carbons (Fsp3) is 0.370. The van der Waals surface area contributed by atoms with Gasteiger partial charge in [0.25, 0.3) is 0 Å². The van der Waals surface area contributed by atoms with Crippen LogP contribution in [0.1, 0.15) is 16.0 Å². The van der Waals surface area contributed by atoms with Gasteiger partial charge in [0, 0.05) is 48.5 Å². The van der Waals surface area contributed by atoms with Gasteiger partial charge in [-0.25, -0.2) is 0 Å². The Morgan fingerprint density at radius 1 is 1.15 bits per heavy atom. The summed E-state index contributed by atoms with van der Waals surface area (Å²) in [5, 5.41) is 5.32. The Bertz CT molecular complexity index is 1100. The fourth-order valence-electron chi connectivity index (χ4n) is 5.09. The number of fused-ring (bicyclic) bond motifs is 3. The summed E-state index contributed by atoms with van der Waals surface area (Å²) < 4.78 is 5.51. The van der Waals surface area contributed by atoms with E-state index < -0.39 is 0 Å². The van der Waals surface area contributed by atoms with Crippen LogP contribution in [0.3, 0.4) is 0 Å². The highest BCUT2D eigenvalue weighted by atomic mass is 32.1. The van der Waals surface area contributed by atoms with Crippen molar-refractivity contribution in [1.29, 1.82) is 0 Å². The maximum Gasteiger partial charge on any atom is 0.225 e. The van der Waals surface area contributed by atoms with E-state index in [1.807, 2.05) is 6.07 Å². The van der Waals surface area contributed by atoms with Crippen LogP contribution in [-0.2, 0) is 17.6 Å². The van der Waals surface area contributed by atoms with Crippen LogP contribution < -0.4 is 19.9 Å². The van der Waals surface area contributed by atoms with Gasteiger partial charge in [0.2, 0.25) is 5.91 Å². The first-order valence-corrected chi connectivity index (χ1v) is 12.6. The number of rotatable bonds is 6. The van der Waals surface area contributed by atoms with E-state index in [4.69, 9.17) is 4.74 Å². The quantitative estimate of drug-likeness (QED) is 0.595. The Kier molecular flexibility index (Phi) is 6.27. The zero-order valence-corrected chi connectivity index (χ0v) is 20.1. The Morgan fingerprint density at radius 3 is 2.76 bits per heavy atom. The van der Waals surface area contributed by atoms with E-state index in [-0.39, 0.29) is 17.9 Å². The molecule has 2 aliphatic heterocycles. The maximum atomic E-state index is 13.4. The van der Waals surface area contributed by atoms with E-state index >= 15 is 0 Å². The Labute approximate surface area is 200 Å². The predicted molar refractivity (Wildman–Crippen MR) is 136 cm³/mol. The summed E-state index contributed by atoms with van der Waals surface area (Å²) in [6, 6.07) is 19.3. The molecule has 0 spiro atoms. The molecule has 0 aliphatic carbocycles. The molecule has 3 heterocycles. The van der Waals surface area contributed by atoms with Gasteiger partial charge in [0.05, 0.1) is 19.1 Å². The van der Waals surface area contributed by atoms with E-state index in [9.17, 15) is 4.79 Å². The number of nitrogens with zero attached hydrogens (tertiary/aromatic N) is 2. The Morgan fingerprint density at radius 2 is 2.00 bits per heavy atom. The molecule has 0 radical (unpaired) electrons. The monoisotopic (exact) mass is 461 g/mol. The summed E-state index contributed by atoms with van der Waals surface area (Å²) in [7, 11) is 1.71. The van der Waals surface area contributed by atoms with Crippen LogP contribution in [0.15, 0.2) is 60.0 Å². The molecule has 2 aliphatic rings. The van der Waals surface area contributed by atoms with E-state index in [1.54, 1.807) is 18.4 Å². The van der Waals surface area contributed by atoms with E-state index in [0.717, 1.165) is 38.2 Å². The number of nitrogens with one attached hydrogen (secondary N) is 1. The number of anilines is 2. The molecule has 0 bridgehead atoms. The highest BCUT2D eigenvalue weighted by Gasteiger charge is 2.41. The normalized spacial score (nSPS) is 19.6. The molecule has 0 unspecified atom stereocenters. The third kappa shape index (κ3) is 4.58. The molecule has 3 aromatic rings. The third-order valence-corrected chi connectivity index (χ3v) is 7.85. The van der Waals surface area contributed by atoms with E-state index in [0.29, 0.717) is 6.54 Å². The number of ether oxygens (including phenoxy) is 1. The average Bonchev–Trinajstić information content (AvgIpc) is 3.37. The van der Waals surface area contributed by atoms with Gasteiger partial charge in [-0.15, -0.1) is 11.3 Å². The molecule has 172 valence electrons. The lowest BCUT2D eigenvalue weighted by Crippen LogP contribution is -2.61. The summed E-state index contributed by atoms with van der Waals surface area (Å²) in [4.78, 5) is 19.6. The van der Waals surface area contributed by atoms with Gasteiger partial charge >= 0.3 is 0 Å². The highest BCUT2D eigenvalue weighted by Crippen LogP contribution is 2.39. The van der Waals surface area contributed by atoms with Gasteiger partial charge in [-0.1, -0.05) is 29.8 Å². The lowest BCUT2D eigenvalue weighted by atomic mass is 9.83. The number of thiophene rings is 1. The molecule has 1 saturated heterocycles. The van der Waals surface area contributed by atoms with Crippen LogP contribution >= 0.6 is 11.3 Å². The molecule has 6 heteroatoms. The summed E-state index contributed by atoms with van der Waals surface area (Å²) in [5.41, 5.74) is 4.94. The lowest BCUT2D eigenvalue weighted by Gasteiger charge is -2.49. The van der Waals surface area contributed by atoms with E-state index in [2.05, 4.69) is 76.0 Å². The second-order valence-electron chi connectivity index (χ2n) is 8.97. The smallest absolute Gasteiger partial charge is 0.225 e. The number of carbonyl (C=O) groups excluding carboxylic acids is 1. The summed E-state index contributed by atoms with van der Waals surface area (Å²) in [6.07, 6.45) is 1.64. The van der Waals surface area contributed by atoms with Crippen molar-refractivity contribution in [3.8, 4) is 5.75 Å². The van der Waals surface area contributed by atoms with Crippen LogP contribution in [0.5, 0.6) is 5.75 Å². The molecule has 2 atom stereocenters. The molecule has 5 rings (SSSR count). The van der Waals surface area contributed by atoms with Crippen molar-refractivity contribution in [1.82, 2.24) is 5.32 Å². The highest BCUT2D eigenvalue weighted by molar-refractivity contribution is 7.09. The zero-order valence-electron chi connectivity index (χ0n) is 19.3. The first kappa shape index (κ1) is 21.8. The molecule has 1 N–H and O–H groups in total. The van der Waals surface area contributed by atoms with Crippen molar-refractivity contribution in [3.05, 3.63) is 76.0 Å². The number of benzene rings is 2. The fourth-order valence-corrected chi connectivity index (χ4v) is 5.80. The van der Waals surface area contributed by atoms with Crippen LogP contribution in [-0.4, -0.2) is 45.2 Å². The number of aryl methyl sites for hydroxylation is 1. The minimum atomic E-state index is -0.0810. The standard InChI is InChI=1S/C27H31N3O2S/c1-19-5-8-21(9-6-19)29-13-14-30-25-17-22(32-2)10-7-20(25)16-24(26(30)18-29)27(31)28-12-11-23-4-3-15-33-23/h3-10,15,17,24,26H,11-14,16,18H2,1-2H3,(H,28,31)/t24-,26-/m1/s1. The van der Waals surface area contributed by atoms with Crippen molar-refractivity contribution >= 4 is 28.6 Å². The van der Waals surface area contributed by atoms with Crippen LogP contribution in [0.4, 0.5) is 11.4 Å². The van der Waals surface area contributed by atoms with Gasteiger partial charge in [-0.3, -0.25) is 4.79 Å². The number of hydrogen-bond acceptors (Lipinski definition) is 5. The number of amides is 1. The van der Waals surface area contributed by atoms with Gasteiger partial charge in [-0.2, -0.15) is 0 Å². The Hall–Kier alpha value is -2.99. The number of carbonyl (C=O) groups is 1. The SMILES string of the molecule is COc1ccc2c(c1)N1CCN(c3ccc(C)cc3)C[C@@H]1[C@H](C(=O)NCCc1cccs1)C2. The summed E-state index contributed by atoms with van der Waals surface area (Å²) in [6.45, 7) is 5.45. The largest absolute Gasteiger partial charge is 0.497 e. The van der Waals surface area contributed by atoms with Gasteiger partial charge in [0.1, 0.15) is 5.75 Å². The van der Waals surface area contributed by atoms with Gasteiger partial charge < -0.3 is 19.9 Å². The molecule has 0 saturated carbocycles. The van der Waals surface area contributed by atoms with Crippen molar-refractivity contribution in [2.75, 3.05) is 43.1 Å². The number of methoxy groups -OCH3 is 1. The molecule has 5 nitrogen and oxygen atoms in total. The second-order valence-corrected chi connectivity index (χ2v) is 10.0. The molecular weight excluding hydrogens is 430 g/mol. The number of hydrogen-bond donors (Lipinski definition) is 1. The van der Waals surface area contributed by atoms with Crippen molar-refractivity contribution in [3.63, 3.8) is 0 Å². The zero-order chi connectivity index (χ0) is 22.8. The maximum absolute atomic E-state index is 13.4. The summed E-state index contributed by atoms with van der Waals surface area (Å²) in [5.74, 6) is 0.948.